The predicted molar refractivity (Wildman–Crippen MR) is 206 cm³/mol. The summed E-state index contributed by atoms with van der Waals surface area (Å²) in [6.45, 7) is 15.1. The molecule has 1 saturated heterocycles. The van der Waals surface area contributed by atoms with Gasteiger partial charge in [0, 0.05) is 34.9 Å². The molecule has 0 saturated carbocycles. The highest BCUT2D eigenvalue weighted by Crippen LogP contribution is 2.30. The second-order valence-corrected chi connectivity index (χ2v) is 15.6. The van der Waals surface area contributed by atoms with E-state index in [1.165, 1.54) is 21.3 Å². The average Bonchev–Trinajstić information content (AvgIpc) is 3.62. The van der Waals surface area contributed by atoms with Crippen LogP contribution in [0.5, 0.6) is 0 Å². The van der Waals surface area contributed by atoms with Crippen LogP contribution in [0.1, 0.15) is 92.7 Å². The minimum absolute atomic E-state index is 0.0333. The number of carbonyl (C=O) groups excluding carboxylic acids is 4. The number of aliphatic hydroxyl groups is 1. The van der Waals surface area contributed by atoms with E-state index < -0.39 is 60.4 Å². The summed E-state index contributed by atoms with van der Waals surface area (Å²) in [6.07, 6.45) is -1.45. The molecule has 54 heavy (non-hydrogen) atoms. The largest absolute Gasteiger partial charge is 0.465 e. The van der Waals surface area contributed by atoms with E-state index in [-0.39, 0.29) is 47.9 Å². The van der Waals surface area contributed by atoms with Crippen molar-refractivity contribution >= 4 is 29.7 Å². The molecule has 5 amide bonds. The Hall–Kier alpha value is -3.75. The first-order chi connectivity index (χ1) is 25.3. The number of likely N-dealkylation sites (N-methyl/N-ethyl adjacent to an activating group) is 2. The van der Waals surface area contributed by atoms with E-state index in [0.717, 1.165) is 11.3 Å². The average molecular weight is 762 g/mol. The van der Waals surface area contributed by atoms with Crippen LogP contribution >= 0.6 is 0 Å². The number of likely N-dealkylation sites (tertiary alicyclic amines) is 1. The third-order valence-electron chi connectivity index (χ3n) is 11.1. The van der Waals surface area contributed by atoms with Crippen molar-refractivity contribution in [2.75, 3.05) is 34.9 Å². The number of amides is 5. The first-order valence-corrected chi connectivity index (χ1v) is 19.2. The van der Waals surface area contributed by atoms with Crippen LogP contribution in [0.4, 0.5) is 4.79 Å². The number of ether oxygens (including phenoxy) is 2. The summed E-state index contributed by atoms with van der Waals surface area (Å²) >= 11 is 0. The van der Waals surface area contributed by atoms with Gasteiger partial charge in [0.05, 0.1) is 48.8 Å². The molecule has 0 aromatic heterocycles. The fourth-order valence-corrected chi connectivity index (χ4v) is 7.70. The van der Waals surface area contributed by atoms with E-state index in [2.05, 4.69) is 10.6 Å². The van der Waals surface area contributed by atoms with Crippen molar-refractivity contribution in [2.45, 2.75) is 130 Å². The molecule has 14 nitrogen and oxygen atoms in total. The van der Waals surface area contributed by atoms with Crippen molar-refractivity contribution in [1.82, 2.24) is 25.3 Å². The molecule has 306 valence electrons. The van der Waals surface area contributed by atoms with Crippen LogP contribution in [0.3, 0.4) is 0 Å². The molecular weight excluding hydrogens is 694 g/mol. The first kappa shape index (κ1) is 46.4. The number of nitrogens with zero attached hydrogens (tertiary/aromatic N) is 3. The predicted octanol–water partition coefficient (Wildman–Crippen LogP) is 3.92. The summed E-state index contributed by atoms with van der Waals surface area (Å²) in [5.74, 6) is -2.82. The van der Waals surface area contributed by atoms with Crippen molar-refractivity contribution < 1.29 is 43.7 Å². The van der Waals surface area contributed by atoms with Gasteiger partial charge in [-0.3, -0.25) is 24.1 Å². The molecule has 1 fully saturated rings. The number of hydrogen-bond donors (Lipinski definition) is 4. The summed E-state index contributed by atoms with van der Waals surface area (Å²) in [5.41, 5.74) is 0.692. The second kappa shape index (κ2) is 21.4. The highest BCUT2D eigenvalue weighted by atomic mass is 16.5. The molecule has 1 aliphatic heterocycles. The zero-order chi connectivity index (χ0) is 41.0. The van der Waals surface area contributed by atoms with Gasteiger partial charge in [0.1, 0.15) is 12.1 Å². The lowest BCUT2D eigenvalue weighted by Gasteiger charge is -2.41. The second-order valence-electron chi connectivity index (χ2n) is 15.6. The monoisotopic (exact) mass is 761 g/mol. The van der Waals surface area contributed by atoms with Gasteiger partial charge < -0.3 is 40.1 Å². The molecule has 4 N–H and O–H groups in total. The maximum Gasteiger partial charge on any atom is 0.407 e. The quantitative estimate of drug-likeness (QED) is 0.153. The maximum absolute atomic E-state index is 14.2. The van der Waals surface area contributed by atoms with Crippen molar-refractivity contribution in [3.8, 4) is 0 Å². The fourth-order valence-electron chi connectivity index (χ4n) is 7.70. The van der Waals surface area contributed by atoms with Crippen molar-refractivity contribution in [2.24, 2.45) is 23.7 Å². The van der Waals surface area contributed by atoms with Gasteiger partial charge in [-0.1, -0.05) is 85.2 Å². The maximum atomic E-state index is 14.2. The molecule has 14 heteroatoms. The minimum atomic E-state index is -1.25. The third-order valence-corrected chi connectivity index (χ3v) is 11.1. The molecule has 0 bridgehead atoms. The number of carbonyl (C=O) groups is 5. The fraction of sp³-hybridized carbons (Fsp3) is 0.725. The van der Waals surface area contributed by atoms with Crippen molar-refractivity contribution in [3.05, 3.63) is 35.9 Å². The van der Waals surface area contributed by atoms with Crippen LogP contribution in [0.2, 0.25) is 0 Å². The molecule has 0 aliphatic carbocycles. The van der Waals surface area contributed by atoms with Gasteiger partial charge >= 0.3 is 6.09 Å². The normalized spacial score (nSPS) is 19.5. The molecular formula is C40H67N5O9. The van der Waals surface area contributed by atoms with Gasteiger partial charge in [-0.05, 0) is 43.1 Å². The molecule has 2 rings (SSSR count). The Morgan fingerprint density at radius 3 is 2.00 bits per heavy atom. The van der Waals surface area contributed by atoms with Gasteiger partial charge in [0.25, 0.3) is 0 Å². The Morgan fingerprint density at radius 2 is 1.50 bits per heavy atom. The Bertz CT molecular complexity index is 1380. The van der Waals surface area contributed by atoms with E-state index in [9.17, 15) is 34.2 Å². The van der Waals surface area contributed by atoms with E-state index in [1.807, 2.05) is 45.9 Å². The van der Waals surface area contributed by atoms with Gasteiger partial charge in [0.15, 0.2) is 0 Å². The number of methoxy groups -OCH3 is 2. The zero-order valence-electron chi connectivity index (χ0n) is 34.4. The van der Waals surface area contributed by atoms with Crippen molar-refractivity contribution in [1.29, 1.82) is 0 Å². The summed E-state index contributed by atoms with van der Waals surface area (Å²) in [6, 6.07) is 5.67. The molecule has 1 heterocycles. The van der Waals surface area contributed by atoms with Crippen LogP contribution in [0.25, 0.3) is 0 Å². The molecule has 0 spiro atoms. The summed E-state index contributed by atoms with van der Waals surface area (Å²) in [4.78, 5) is 71.3. The number of nitrogens with one attached hydrogen (secondary N) is 2. The summed E-state index contributed by atoms with van der Waals surface area (Å²) in [5, 5.41) is 26.2. The standard InChI is InChI=1S/C40H67N5O9/c1-13-25(6)34(43(9)39(50)32(23(2)3)42-38(49)33(24(4)5)44(10)40(51)52)30(53-11)22-31(46)45-21-17-20-29(45)36(54-12)26(7)37(48)41-27(8)35(47)28-18-15-14-16-19-28/h14-16,18-19,23-27,29-30,32-36,47H,13,17,20-22H2,1-12H3,(H,41,48)(H,42,49)(H,51,52)/t25-,26+,27+,29?,30+,32?,33?,34-,35-,36+/m0/s1. The van der Waals surface area contributed by atoms with Gasteiger partial charge in [-0.25, -0.2) is 4.79 Å². The highest BCUT2D eigenvalue weighted by Gasteiger charge is 2.43. The Balaban J connectivity index is 2.27. The number of aliphatic hydroxyl groups excluding tert-OH is 1. The van der Waals surface area contributed by atoms with Crippen LogP contribution in [-0.2, 0) is 28.7 Å². The lowest BCUT2D eigenvalue weighted by molar-refractivity contribution is -0.148. The zero-order valence-corrected chi connectivity index (χ0v) is 34.4. The van der Waals surface area contributed by atoms with E-state index in [4.69, 9.17) is 9.47 Å². The molecule has 0 radical (unpaired) electrons. The van der Waals surface area contributed by atoms with E-state index >= 15 is 0 Å². The van der Waals surface area contributed by atoms with E-state index in [1.54, 1.807) is 56.7 Å². The van der Waals surface area contributed by atoms with Gasteiger partial charge in [-0.2, -0.15) is 0 Å². The van der Waals surface area contributed by atoms with Crippen LogP contribution in [0, 0.1) is 23.7 Å². The molecule has 10 atom stereocenters. The van der Waals surface area contributed by atoms with Crippen LogP contribution in [-0.4, -0.2) is 132 Å². The Labute approximate surface area is 322 Å². The van der Waals surface area contributed by atoms with Crippen molar-refractivity contribution in [3.63, 3.8) is 0 Å². The molecule has 3 unspecified atom stereocenters. The van der Waals surface area contributed by atoms with Crippen LogP contribution in [0.15, 0.2) is 30.3 Å². The number of carboxylic acid groups (broad SMARTS) is 1. The lowest BCUT2D eigenvalue weighted by Crippen LogP contribution is -2.60. The lowest BCUT2D eigenvalue weighted by atomic mass is 9.89. The number of benzene rings is 1. The van der Waals surface area contributed by atoms with E-state index in [0.29, 0.717) is 24.9 Å². The van der Waals surface area contributed by atoms with Crippen LogP contribution < -0.4 is 10.6 Å². The SMILES string of the molecule is CC[C@H](C)[C@@H]([C@@H](CC(=O)N1CCCC1[C@H](OC)[C@@H](C)C(=O)N[C@H](C)[C@H](O)c1ccccc1)OC)N(C)C(=O)C(NC(=O)C(C(C)C)N(C)C(=O)O)C(C)C. The topological polar surface area (TPSA) is 178 Å². The molecule has 1 aliphatic rings. The molecule has 1 aromatic rings. The first-order valence-electron chi connectivity index (χ1n) is 19.2. The minimum Gasteiger partial charge on any atom is -0.465 e. The Kier molecular flexibility index (Phi) is 18.4. The Morgan fingerprint density at radius 1 is 0.889 bits per heavy atom. The number of hydrogen-bond acceptors (Lipinski definition) is 8. The van der Waals surface area contributed by atoms with Gasteiger partial charge in [0.2, 0.25) is 23.6 Å². The summed E-state index contributed by atoms with van der Waals surface area (Å²) in [7, 11) is 6.02. The number of rotatable bonds is 20. The molecule has 1 aromatic carbocycles. The smallest absolute Gasteiger partial charge is 0.407 e. The summed E-state index contributed by atoms with van der Waals surface area (Å²) < 4.78 is 11.9. The third kappa shape index (κ3) is 11.6. The van der Waals surface area contributed by atoms with Gasteiger partial charge in [-0.15, -0.1) is 0 Å². The highest BCUT2D eigenvalue weighted by molar-refractivity contribution is 5.91.